The minimum atomic E-state index is 0.0370. The van der Waals surface area contributed by atoms with E-state index < -0.39 is 0 Å². The largest absolute Gasteiger partial charge is 0.496 e. The Kier molecular flexibility index (Phi) is 6.00. The fraction of sp³-hybridized carbons (Fsp3) is 0.444. The molecule has 0 unspecified atom stereocenters. The van der Waals surface area contributed by atoms with Crippen molar-refractivity contribution in [1.82, 2.24) is 4.90 Å². The Morgan fingerprint density at radius 1 is 1.42 bits per heavy atom. The van der Waals surface area contributed by atoms with Gasteiger partial charge in [0.05, 0.1) is 16.5 Å². The van der Waals surface area contributed by atoms with Crippen LogP contribution in [0.1, 0.15) is 37.7 Å². The van der Waals surface area contributed by atoms with Gasteiger partial charge in [-0.15, -0.1) is 0 Å². The molecule has 3 rings (SSSR count). The van der Waals surface area contributed by atoms with E-state index in [-0.39, 0.29) is 5.91 Å². The molecule has 1 amide bonds. The highest BCUT2D eigenvalue weighted by Crippen LogP contribution is 2.35. The second kappa shape index (κ2) is 8.02. The Labute approximate surface area is 160 Å². The van der Waals surface area contributed by atoms with E-state index in [1.165, 1.54) is 37.4 Å². The number of carbonyl (C=O) groups is 1. The molecule has 3 nitrogen and oxygen atoms in total. The first kappa shape index (κ1) is 18.0. The molecule has 2 aliphatic rings. The summed E-state index contributed by atoms with van der Waals surface area (Å²) in [5.74, 6) is 1.57. The Bertz CT molecular complexity index is 684. The fourth-order valence-corrected chi connectivity index (χ4v) is 5.09. The van der Waals surface area contributed by atoms with Gasteiger partial charge in [0.2, 0.25) is 0 Å². The summed E-state index contributed by atoms with van der Waals surface area (Å²) in [5.41, 5.74) is 0.957. The lowest BCUT2D eigenvalue weighted by atomic mass is 10.0. The van der Waals surface area contributed by atoms with Gasteiger partial charge in [0.15, 0.2) is 0 Å². The maximum atomic E-state index is 12.6. The number of hydrogen-bond donors (Lipinski definition) is 0. The molecule has 6 heteroatoms. The summed E-state index contributed by atoms with van der Waals surface area (Å²) in [6, 6.07) is 5.77. The number of hydrogen-bond acceptors (Lipinski definition) is 4. The first-order valence-electron chi connectivity index (χ1n) is 8.17. The molecule has 1 aliphatic heterocycles. The molecule has 128 valence electrons. The van der Waals surface area contributed by atoms with E-state index >= 15 is 0 Å². The minimum Gasteiger partial charge on any atom is -0.496 e. The van der Waals surface area contributed by atoms with E-state index in [1.807, 2.05) is 24.3 Å². The lowest BCUT2D eigenvalue weighted by Crippen LogP contribution is -2.30. The number of ether oxygens (including phenoxy) is 1. The Morgan fingerprint density at radius 3 is 2.83 bits per heavy atom. The van der Waals surface area contributed by atoms with Gasteiger partial charge in [-0.05, 0) is 52.0 Å². The molecule has 1 heterocycles. The molecule has 1 aliphatic carbocycles. The van der Waals surface area contributed by atoms with Crippen LogP contribution in [0.3, 0.4) is 0 Å². The van der Waals surface area contributed by atoms with Crippen molar-refractivity contribution in [1.29, 1.82) is 0 Å². The van der Waals surface area contributed by atoms with Crippen molar-refractivity contribution >= 4 is 56.2 Å². The summed E-state index contributed by atoms with van der Waals surface area (Å²) in [6.45, 7) is 0.749. The van der Waals surface area contributed by atoms with E-state index in [9.17, 15) is 4.79 Å². The monoisotopic (exact) mass is 425 g/mol. The lowest BCUT2D eigenvalue weighted by Gasteiger charge is -2.17. The van der Waals surface area contributed by atoms with Crippen LogP contribution in [-0.4, -0.2) is 28.8 Å². The topological polar surface area (TPSA) is 29.5 Å². The number of halogens is 1. The average Bonchev–Trinajstić information content (AvgIpc) is 3.15. The van der Waals surface area contributed by atoms with Gasteiger partial charge in [-0.25, -0.2) is 0 Å². The van der Waals surface area contributed by atoms with E-state index in [1.54, 1.807) is 12.0 Å². The van der Waals surface area contributed by atoms with Gasteiger partial charge < -0.3 is 4.74 Å². The first-order valence-corrected chi connectivity index (χ1v) is 10.2. The number of rotatable bonds is 5. The van der Waals surface area contributed by atoms with Crippen LogP contribution in [0.2, 0.25) is 0 Å². The molecule has 0 radical (unpaired) electrons. The van der Waals surface area contributed by atoms with Gasteiger partial charge in [0, 0.05) is 6.54 Å². The van der Waals surface area contributed by atoms with Crippen molar-refractivity contribution in [3.63, 3.8) is 0 Å². The minimum absolute atomic E-state index is 0.0370. The van der Waals surface area contributed by atoms with Gasteiger partial charge in [-0.3, -0.25) is 9.69 Å². The highest BCUT2D eigenvalue weighted by atomic mass is 79.9. The van der Waals surface area contributed by atoms with Crippen LogP contribution in [0, 0.1) is 5.92 Å². The van der Waals surface area contributed by atoms with Crippen molar-refractivity contribution in [3.8, 4) is 5.75 Å². The number of benzene rings is 1. The molecular weight excluding hydrogens is 406 g/mol. The third kappa shape index (κ3) is 4.03. The van der Waals surface area contributed by atoms with Gasteiger partial charge in [-0.2, -0.15) is 0 Å². The number of thiocarbonyl (C=S) groups is 1. The highest BCUT2D eigenvalue weighted by Gasteiger charge is 2.32. The van der Waals surface area contributed by atoms with Crippen molar-refractivity contribution in [2.75, 3.05) is 13.7 Å². The van der Waals surface area contributed by atoms with Crippen LogP contribution < -0.4 is 4.74 Å². The van der Waals surface area contributed by atoms with E-state index in [2.05, 4.69) is 15.9 Å². The van der Waals surface area contributed by atoms with Crippen LogP contribution in [0.5, 0.6) is 5.75 Å². The SMILES string of the molecule is COc1ccc(/C=C2\SC(=S)N(CCC3CCCC3)C2=O)cc1Br. The molecule has 1 saturated carbocycles. The average molecular weight is 426 g/mol. The summed E-state index contributed by atoms with van der Waals surface area (Å²) in [4.78, 5) is 15.1. The van der Waals surface area contributed by atoms with Gasteiger partial charge >= 0.3 is 0 Å². The zero-order valence-corrected chi connectivity index (χ0v) is 16.8. The standard InChI is InChI=1S/C18H20BrNO2S2/c1-22-15-7-6-13(10-14(15)19)11-16-17(21)20(18(23)24-16)9-8-12-4-2-3-5-12/h6-7,10-12H,2-5,8-9H2,1H3/b16-11-. The van der Waals surface area contributed by atoms with Gasteiger partial charge in [-0.1, -0.05) is 55.7 Å². The molecule has 0 atom stereocenters. The summed E-state index contributed by atoms with van der Waals surface area (Å²) < 4.78 is 6.79. The van der Waals surface area contributed by atoms with Crippen LogP contribution in [0.4, 0.5) is 0 Å². The summed E-state index contributed by atoms with van der Waals surface area (Å²) in [5, 5.41) is 0. The maximum Gasteiger partial charge on any atom is 0.266 e. The predicted molar refractivity (Wildman–Crippen MR) is 107 cm³/mol. The molecule has 2 fully saturated rings. The highest BCUT2D eigenvalue weighted by molar-refractivity contribution is 9.10. The molecule has 0 spiro atoms. The van der Waals surface area contributed by atoms with Gasteiger partial charge in [0.1, 0.15) is 10.1 Å². The Hall–Kier alpha value is -0.850. The first-order chi connectivity index (χ1) is 11.6. The lowest BCUT2D eigenvalue weighted by molar-refractivity contribution is -0.122. The summed E-state index contributed by atoms with van der Waals surface area (Å²) in [7, 11) is 1.63. The number of methoxy groups -OCH3 is 1. The van der Waals surface area contributed by atoms with E-state index in [4.69, 9.17) is 17.0 Å². The maximum absolute atomic E-state index is 12.6. The second-order valence-corrected chi connectivity index (χ2v) is 8.70. The molecule has 1 aromatic carbocycles. The molecule has 1 saturated heterocycles. The van der Waals surface area contributed by atoms with Gasteiger partial charge in [0.25, 0.3) is 5.91 Å². The Morgan fingerprint density at radius 2 is 2.17 bits per heavy atom. The molecule has 0 N–H and O–H groups in total. The van der Waals surface area contributed by atoms with E-state index in [0.717, 1.165) is 34.7 Å². The van der Waals surface area contributed by atoms with Crippen LogP contribution >= 0.6 is 39.9 Å². The molecule has 1 aromatic rings. The fourth-order valence-electron chi connectivity index (χ4n) is 3.23. The molecular formula is C18H20BrNO2S2. The zero-order chi connectivity index (χ0) is 17.1. The second-order valence-electron chi connectivity index (χ2n) is 6.17. The smallest absolute Gasteiger partial charge is 0.266 e. The number of nitrogens with zero attached hydrogens (tertiary/aromatic N) is 1. The zero-order valence-electron chi connectivity index (χ0n) is 13.6. The van der Waals surface area contributed by atoms with Crippen LogP contribution in [0.15, 0.2) is 27.6 Å². The normalized spacial score (nSPS) is 20.4. The quantitative estimate of drug-likeness (QED) is 0.476. The molecule has 0 bridgehead atoms. The van der Waals surface area contributed by atoms with Crippen molar-refractivity contribution in [2.24, 2.45) is 5.92 Å². The van der Waals surface area contributed by atoms with Crippen molar-refractivity contribution < 1.29 is 9.53 Å². The summed E-state index contributed by atoms with van der Waals surface area (Å²) >= 11 is 10.3. The predicted octanol–water partition coefficient (Wildman–Crippen LogP) is 5.24. The third-order valence-electron chi connectivity index (χ3n) is 4.58. The third-order valence-corrected chi connectivity index (χ3v) is 6.58. The molecule has 24 heavy (non-hydrogen) atoms. The Balaban J connectivity index is 1.69. The number of carbonyl (C=O) groups excluding carboxylic acids is 1. The van der Waals surface area contributed by atoms with Crippen molar-refractivity contribution in [3.05, 3.63) is 33.1 Å². The number of thioether (sulfide) groups is 1. The number of amides is 1. The van der Waals surface area contributed by atoms with Crippen molar-refractivity contribution in [2.45, 2.75) is 32.1 Å². The van der Waals surface area contributed by atoms with Crippen LogP contribution in [-0.2, 0) is 4.79 Å². The summed E-state index contributed by atoms with van der Waals surface area (Å²) in [6.07, 6.45) is 8.21. The van der Waals surface area contributed by atoms with E-state index in [0.29, 0.717) is 9.23 Å². The molecule has 0 aromatic heterocycles. The van der Waals surface area contributed by atoms with Crippen LogP contribution in [0.25, 0.3) is 6.08 Å².